The van der Waals surface area contributed by atoms with E-state index in [9.17, 15) is 9.59 Å². The molecule has 170 valence electrons. The Kier molecular flexibility index (Phi) is 6.67. The van der Waals surface area contributed by atoms with Crippen LogP contribution in [0.4, 0.5) is 5.00 Å². The van der Waals surface area contributed by atoms with E-state index in [0.717, 1.165) is 53.3 Å². The fourth-order valence-corrected chi connectivity index (χ4v) is 5.48. The van der Waals surface area contributed by atoms with Crippen LogP contribution in [0, 0.1) is 20.8 Å². The SMILES string of the molecule is CCOCCCNC(=O)c1c(NC(=O)c2oc3cc(C)c(C)cc3c2C)sc2c1CCC2. The molecule has 0 radical (unpaired) electrons. The summed E-state index contributed by atoms with van der Waals surface area (Å²) in [4.78, 5) is 27.3. The smallest absolute Gasteiger partial charge is 0.292 e. The maximum Gasteiger partial charge on any atom is 0.292 e. The van der Waals surface area contributed by atoms with Gasteiger partial charge >= 0.3 is 0 Å². The van der Waals surface area contributed by atoms with Crippen LogP contribution in [0.25, 0.3) is 11.0 Å². The van der Waals surface area contributed by atoms with Gasteiger partial charge in [-0.2, -0.15) is 0 Å². The second kappa shape index (κ2) is 9.46. The lowest BCUT2D eigenvalue weighted by atomic mass is 10.0. The molecule has 1 aromatic carbocycles. The minimum absolute atomic E-state index is 0.135. The third kappa shape index (κ3) is 4.32. The number of aryl methyl sites for hydroxylation is 4. The number of thiophene rings is 1. The van der Waals surface area contributed by atoms with Crippen LogP contribution in [0.5, 0.6) is 0 Å². The van der Waals surface area contributed by atoms with Gasteiger partial charge in [0, 0.05) is 35.6 Å². The molecule has 0 fully saturated rings. The third-order valence-electron chi connectivity index (χ3n) is 6.09. The van der Waals surface area contributed by atoms with Crippen molar-refractivity contribution in [1.29, 1.82) is 0 Å². The van der Waals surface area contributed by atoms with Crippen LogP contribution in [0.15, 0.2) is 16.5 Å². The number of amides is 2. The van der Waals surface area contributed by atoms with E-state index in [0.29, 0.717) is 41.7 Å². The van der Waals surface area contributed by atoms with E-state index >= 15 is 0 Å². The zero-order valence-corrected chi connectivity index (χ0v) is 20.0. The molecular weight excluding hydrogens is 424 g/mol. The van der Waals surface area contributed by atoms with E-state index in [1.165, 1.54) is 16.2 Å². The third-order valence-corrected chi connectivity index (χ3v) is 7.30. The van der Waals surface area contributed by atoms with Gasteiger partial charge < -0.3 is 19.8 Å². The van der Waals surface area contributed by atoms with Crippen LogP contribution in [0.3, 0.4) is 0 Å². The Balaban J connectivity index is 1.57. The van der Waals surface area contributed by atoms with E-state index < -0.39 is 0 Å². The average Bonchev–Trinajstić information content (AvgIpc) is 3.42. The fraction of sp³-hybridized carbons (Fsp3) is 0.440. The number of carbonyl (C=O) groups excluding carboxylic acids is 2. The Morgan fingerprint density at radius 2 is 1.91 bits per heavy atom. The van der Waals surface area contributed by atoms with Gasteiger partial charge in [0.15, 0.2) is 5.76 Å². The van der Waals surface area contributed by atoms with Crippen molar-refractivity contribution in [3.63, 3.8) is 0 Å². The van der Waals surface area contributed by atoms with Crippen molar-refractivity contribution in [3.05, 3.63) is 50.6 Å². The predicted octanol–water partition coefficient (Wildman–Crippen LogP) is 5.32. The molecule has 4 rings (SSSR count). The van der Waals surface area contributed by atoms with E-state index in [1.807, 2.05) is 33.8 Å². The highest BCUT2D eigenvalue weighted by atomic mass is 32.1. The summed E-state index contributed by atoms with van der Waals surface area (Å²) in [5.41, 5.74) is 5.47. The Labute approximate surface area is 192 Å². The standard InChI is InChI=1S/C25H30N2O4S/c1-5-30-11-7-10-26-23(28)21-17-8-6-9-20(17)32-25(21)27-24(29)22-16(4)18-12-14(2)15(3)13-19(18)31-22/h12-13H,5-11H2,1-4H3,(H,26,28)(H,27,29). The average molecular weight is 455 g/mol. The molecule has 0 aliphatic heterocycles. The number of furan rings is 1. The zero-order valence-electron chi connectivity index (χ0n) is 19.1. The molecule has 0 bridgehead atoms. The van der Waals surface area contributed by atoms with Gasteiger partial charge in [-0.3, -0.25) is 9.59 Å². The van der Waals surface area contributed by atoms with Crippen LogP contribution in [0.2, 0.25) is 0 Å². The second-order valence-corrected chi connectivity index (χ2v) is 9.42. The number of nitrogens with one attached hydrogen (secondary N) is 2. The van der Waals surface area contributed by atoms with Gasteiger partial charge in [-0.15, -0.1) is 11.3 Å². The number of rotatable bonds is 8. The Bertz CT molecular complexity index is 1170. The Morgan fingerprint density at radius 3 is 2.69 bits per heavy atom. The van der Waals surface area contributed by atoms with Gasteiger partial charge in [-0.05, 0) is 82.2 Å². The lowest BCUT2D eigenvalue weighted by Crippen LogP contribution is -2.27. The summed E-state index contributed by atoms with van der Waals surface area (Å²) in [6, 6.07) is 4.02. The number of hydrogen-bond acceptors (Lipinski definition) is 5. The fourth-order valence-electron chi connectivity index (χ4n) is 4.19. The van der Waals surface area contributed by atoms with E-state index in [1.54, 1.807) is 0 Å². The minimum atomic E-state index is -0.320. The van der Waals surface area contributed by atoms with Gasteiger partial charge in [0.2, 0.25) is 0 Å². The Hall–Kier alpha value is -2.64. The molecule has 0 saturated heterocycles. The maximum atomic E-state index is 13.2. The highest BCUT2D eigenvalue weighted by Gasteiger charge is 2.28. The van der Waals surface area contributed by atoms with Crippen molar-refractivity contribution >= 4 is 39.1 Å². The normalized spacial score (nSPS) is 12.9. The quantitative estimate of drug-likeness (QED) is 0.452. The van der Waals surface area contributed by atoms with E-state index in [2.05, 4.69) is 16.7 Å². The first kappa shape index (κ1) is 22.6. The minimum Gasteiger partial charge on any atom is -0.451 e. The summed E-state index contributed by atoms with van der Waals surface area (Å²) in [6.07, 6.45) is 3.61. The highest BCUT2D eigenvalue weighted by molar-refractivity contribution is 7.17. The summed E-state index contributed by atoms with van der Waals surface area (Å²) < 4.78 is 11.3. The summed E-state index contributed by atoms with van der Waals surface area (Å²) >= 11 is 1.51. The van der Waals surface area contributed by atoms with Gasteiger partial charge in [0.05, 0.1) is 5.56 Å². The molecule has 7 heteroatoms. The van der Waals surface area contributed by atoms with E-state index in [4.69, 9.17) is 9.15 Å². The van der Waals surface area contributed by atoms with Crippen LogP contribution >= 0.6 is 11.3 Å². The summed E-state index contributed by atoms with van der Waals surface area (Å²) in [5.74, 6) is -0.162. The molecule has 1 aliphatic carbocycles. The lowest BCUT2D eigenvalue weighted by Gasteiger charge is -2.09. The summed E-state index contributed by atoms with van der Waals surface area (Å²) in [5, 5.41) is 7.51. The van der Waals surface area contributed by atoms with Crippen molar-refractivity contribution in [3.8, 4) is 0 Å². The molecule has 32 heavy (non-hydrogen) atoms. The van der Waals surface area contributed by atoms with Crippen LogP contribution in [-0.4, -0.2) is 31.6 Å². The molecule has 1 aliphatic rings. The first-order valence-electron chi connectivity index (χ1n) is 11.2. The van der Waals surface area contributed by atoms with Crippen LogP contribution in [0.1, 0.15) is 67.8 Å². The molecule has 2 heterocycles. The lowest BCUT2D eigenvalue weighted by molar-refractivity contribution is 0.0944. The van der Waals surface area contributed by atoms with Crippen LogP contribution in [-0.2, 0) is 17.6 Å². The molecule has 0 unspecified atom stereocenters. The number of carbonyl (C=O) groups is 2. The topological polar surface area (TPSA) is 80.6 Å². The monoisotopic (exact) mass is 454 g/mol. The predicted molar refractivity (Wildman–Crippen MR) is 128 cm³/mol. The van der Waals surface area contributed by atoms with Crippen molar-refractivity contribution in [2.75, 3.05) is 25.1 Å². The molecule has 0 spiro atoms. The molecule has 2 amide bonds. The zero-order chi connectivity index (χ0) is 22.8. The largest absolute Gasteiger partial charge is 0.451 e. The first-order chi connectivity index (χ1) is 15.4. The number of ether oxygens (including phenoxy) is 1. The van der Waals surface area contributed by atoms with Crippen molar-refractivity contribution in [2.24, 2.45) is 0 Å². The summed E-state index contributed by atoms with van der Waals surface area (Å²) in [7, 11) is 0. The van der Waals surface area contributed by atoms with Gasteiger partial charge in [0.25, 0.3) is 11.8 Å². The molecule has 0 saturated carbocycles. The molecule has 3 aromatic rings. The van der Waals surface area contributed by atoms with Gasteiger partial charge in [-0.25, -0.2) is 0 Å². The Morgan fingerprint density at radius 1 is 1.12 bits per heavy atom. The number of benzene rings is 1. The second-order valence-electron chi connectivity index (χ2n) is 8.31. The number of hydrogen-bond donors (Lipinski definition) is 2. The molecule has 2 N–H and O–H groups in total. The molecule has 6 nitrogen and oxygen atoms in total. The van der Waals surface area contributed by atoms with E-state index in [-0.39, 0.29) is 11.8 Å². The van der Waals surface area contributed by atoms with Crippen LogP contribution < -0.4 is 10.6 Å². The maximum absolute atomic E-state index is 13.2. The first-order valence-corrected chi connectivity index (χ1v) is 12.0. The molecular formula is C25H30N2O4S. The highest BCUT2D eigenvalue weighted by Crippen LogP contribution is 2.39. The summed E-state index contributed by atoms with van der Waals surface area (Å²) in [6.45, 7) is 9.75. The van der Waals surface area contributed by atoms with Crippen molar-refractivity contribution in [1.82, 2.24) is 5.32 Å². The molecule has 0 atom stereocenters. The van der Waals surface area contributed by atoms with Crippen molar-refractivity contribution < 1.29 is 18.7 Å². The number of anilines is 1. The number of fused-ring (bicyclic) bond motifs is 2. The van der Waals surface area contributed by atoms with Gasteiger partial charge in [0.1, 0.15) is 10.6 Å². The van der Waals surface area contributed by atoms with Crippen molar-refractivity contribution in [2.45, 2.75) is 53.4 Å². The molecule has 2 aromatic heterocycles. The van der Waals surface area contributed by atoms with Gasteiger partial charge in [-0.1, -0.05) is 0 Å².